The zero-order chi connectivity index (χ0) is 16.2. The highest BCUT2D eigenvalue weighted by molar-refractivity contribution is 5.83. The third-order valence-corrected chi connectivity index (χ3v) is 3.82. The largest absolute Gasteiger partial charge is 0.444 e. The lowest BCUT2D eigenvalue weighted by atomic mass is 9.96. The smallest absolute Gasteiger partial charge is 0.413 e. The van der Waals surface area contributed by atoms with Gasteiger partial charge in [-0.25, -0.2) is 9.78 Å². The molecule has 1 amide bonds. The number of anilines is 1. The van der Waals surface area contributed by atoms with Crippen LogP contribution in [-0.4, -0.2) is 34.7 Å². The number of ether oxygens (including phenoxy) is 1. The lowest BCUT2D eigenvalue weighted by Crippen LogP contribution is -2.33. The van der Waals surface area contributed by atoms with Crippen molar-refractivity contribution in [3.8, 4) is 0 Å². The molecule has 1 aromatic rings. The van der Waals surface area contributed by atoms with Gasteiger partial charge in [0.25, 0.3) is 0 Å². The highest BCUT2D eigenvalue weighted by atomic mass is 16.6. The molecule has 0 saturated carbocycles. The summed E-state index contributed by atoms with van der Waals surface area (Å²) in [6.07, 6.45) is 5.11. The van der Waals surface area contributed by atoms with Gasteiger partial charge in [-0.2, -0.15) is 0 Å². The third kappa shape index (κ3) is 4.70. The Bertz CT molecular complexity index is 494. The molecule has 5 heteroatoms. The zero-order valence-corrected chi connectivity index (χ0v) is 14.1. The molecule has 0 spiro atoms. The van der Waals surface area contributed by atoms with Gasteiger partial charge in [0.05, 0.1) is 0 Å². The minimum absolute atomic E-state index is 0.446. The minimum Gasteiger partial charge on any atom is -0.444 e. The summed E-state index contributed by atoms with van der Waals surface area (Å²) in [5.74, 6) is 0.525. The van der Waals surface area contributed by atoms with Crippen LogP contribution in [-0.2, 0) is 4.74 Å². The maximum atomic E-state index is 11.7. The molecule has 1 aromatic heterocycles. The first-order valence-corrected chi connectivity index (χ1v) is 8.09. The van der Waals surface area contributed by atoms with Gasteiger partial charge in [-0.1, -0.05) is 19.4 Å². The van der Waals surface area contributed by atoms with E-state index in [0.717, 1.165) is 13.1 Å². The van der Waals surface area contributed by atoms with Crippen LogP contribution in [0.25, 0.3) is 0 Å². The number of nitrogens with zero attached hydrogens (tertiary/aromatic N) is 2. The summed E-state index contributed by atoms with van der Waals surface area (Å²) in [6.45, 7) is 9.92. The van der Waals surface area contributed by atoms with Gasteiger partial charge >= 0.3 is 6.09 Å². The van der Waals surface area contributed by atoms with Crippen molar-refractivity contribution < 1.29 is 9.53 Å². The van der Waals surface area contributed by atoms with Crippen molar-refractivity contribution in [2.24, 2.45) is 0 Å². The maximum absolute atomic E-state index is 11.7. The van der Waals surface area contributed by atoms with Gasteiger partial charge in [0.2, 0.25) is 0 Å². The number of pyridine rings is 1. The molecule has 0 bridgehead atoms. The van der Waals surface area contributed by atoms with Crippen LogP contribution in [0, 0.1) is 0 Å². The molecule has 22 heavy (non-hydrogen) atoms. The number of likely N-dealkylation sites (tertiary alicyclic amines) is 1. The quantitative estimate of drug-likeness (QED) is 0.918. The summed E-state index contributed by atoms with van der Waals surface area (Å²) in [5, 5.41) is 2.67. The first kappa shape index (κ1) is 16.7. The summed E-state index contributed by atoms with van der Waals surface area (Å²) in [6, 6.07) is 4.35. The van der Waals surface area contributed by atoms with Crippen LogP contribution in [0.2, 0.25) is 0 Å². The van der Waals surface area contributed by atoms with Crippen molar-refractivity contribution in [2.75, 3.05) is 18.4 Å². The molecule has 0 radical (unpaired) electrons. The normalized spacial score (nSPS) is 19.7. The summed E-state index contributed by atoms with van der Waals surface area (Å²) >= 11 is 0. The van der Waals surface area contributed by atoms with E-state index in [0.29, 0.717) is 11.9 Å². The average molecular weight is 305 g/mol. The number of piperidine rings is 1. The van der Waals surface area contributed by atoms with Crippen LogP contribution in [0.1, 0.15) is 58.6 Å². The summed E-state index contributed by atoms with van der Waals surface area (Å²) < 4.78 is 5.22. The van der Waals surface area contributed by atoms with Crippen LogP contribution in [0.3, 0.4) is 0 Å². The predicted molar refractivity (Wildman–Crippen MR) is 87.9 cm³/mol. The van der Waals surface area contributed by atoms with Gasteiger partial charge in [0.15, 0.2) is 0 Å². The predicted octanol–water partition coefficient (Wildman–Crippen LogP) is 3.98. The van der Waals surface area contributed by atoms with Crippen molar-refractivity contribution in [3.05, 3.63) is 23.9 Å². The third-order valence-electron chi connectivity index (χ3n) is 3.82. The first-order chi connectivity index (χ1) is 10.4. The van der Waals surface area contributed by atoms with Crippen LogP contribution in [0.4, 0.5) is 10.6 Å². The molecule has 1 atom stereocenters. The van der Waals surface area contributed by atoms with E-state index in [1.807, 2.05) is 33.0 Å². The highest BCUT2D eigenvalue weighted by Crippen LogP contribution is 2.30. The molecule has 0 aromatic carbocycles. The van der Waals surface area contributed by atoms with E-state index in [-0.39, 0.29) is 0 Å². The number of amides is 1. The molecule has 122 valence electrons. The van der Waals surface area contributed by atoms with Crippen molar-refractivity contribution in [3.63, 3.8) is 0 Å². The Morgan fingerprint density at radius 1 is 1.41 bits per heavy atom. The molecule has 5 nitrogen and oxygen atoms in total. The second-order valence-electron chi connectivity index (χ2n) is 6.74. The fourth-order valence-electron chi connectivity index (χ4n) is 2.83. The van der Waals surface area contributed by atoms with E-state index >= 15 is 0 Å². The molecule has 1 saturated heterocycles. The number of hydrogen-bond donors (Lipinski definition) is 1. The molecule has 0 unspecified atom stereocenters. The molecule has 1 N–H and O–H groups in total. The molecule has 0 aliphatic carbocycles. The van der Waals surface area contributed by atoms with Gasteiger partial charge in [-0.15, -0.1) is 0 Å². The van der Waals surface area contributed by atoms with Gasteiger partial charge in [-0.05, 0) is 58.3 Å². The molecular weight excluding hydrogens is 278 g/mol. The van der Waals surface area contributed by atoms with E-state index in [2.05, 4.69) is 28.2 Å². The SMILES string of the molecule is CCN1CCCC[C@H]1c1ccc(NC(=O)OC(C)(C)C)nc1. The Balaban J connectivity index is 1.99. The van der Waals surface area contributed by atoms with E-state index in [9.17, 15) is 4.79 Å². The summed E-state index contributed by atoms with van der Waals surface area (Å²) in [5.41, 5.74) is 0.713. The zero-order valence-electron chi connectivity index (χ0n) is 14.1. The van der Waals surface area contributed by atoms with Crippen LogP contribution < -0.4 is 5.32 Å². The van der Waals surface area contributed by atoms with Crippen molar-refractivity contribution >= 4 is 11.9 Å². The van der Waals surface area contributed by atoms with Crippen LogP contribution in [0.5, 0.6) is 0 Å². The monoisotopic (exact) mass is 305 g/mol. The second kappa shape index (κ2) is 7.09. The Kier molecular flexibility index (Phi) is 5.40. The number of carbonyl (C=O) groups excluding carboxylic acids is 1. The van der Waals surface area contributed by atoms with Crippen LogP contribution >= 0.6 is 0 Å². The average Bonchev–Trinajstić information content (AvgIpc) is 2.46. The van der Waals surface area contributed by atoms with Crippen LogP contribution in [0.15, 0.2) is 18.3 Å². The van der Waals surface area contributed by atoms with E-state index in [4.69, 9.17) is 4.74 Å². The molecule has 2 rings (SSSR count). The summed E-state index contributed by atoms with van der Waals surface area (Å²) in [4.78, 5) is 18.6. The first-order valence-electron chi connectivity index (χ1n) is 8.09. The number of rotatable bonds is 3. The van der Waals surface area contributed by atoms with E-state index in [1.165, 1.54) is 24.8 Å². The minimum atomic E-state index is -0.506. The van der Waals surface area contributed by atoms with Gasteiger partial charge < -0.3 is 4.74 Å². The Morgan fingerprint density at radius 2 is 2.18 bits per heavy atom. The molecule has 2 heterocycles. The van der Waals surface area contributed by atoms with Gasteiger partial charge in [-0.3, -0.25) is 10.2 Å². The molecule has 1 fully saturated rings. The Morgan fingerprint density at radius 3 is 2.77 bits per heavy atom. The molecule has 1 aliphatic rings. The lowest BCUT2D eigenvalue weighted by molar-refractivity contribution is 0.0635. The molecule has 1 aliphatic heterocycles. The van der Waals surface area contributed by atoms with Gasteiger partial charge in [0.1, 0.15) is 11.4 Å². The van der Waals surface area contributed by atoms with E-state index < -0.39 is 11.7 Å². The topological polar surface area (TPSA) is 54.5 Å². The van der Waals surface area contributed by atoms with E-state index in [1.54, 1.807) is 0 Å². The Hall–Kier alpha value is -1.62. The summed E-state index contributed by atoms with van der Waals surface area (Å²) in [7, 11) is 0. The fraction of sp³-hybridized carbons (Fsp3) is 0.647. The highest BCUT2D eigenvalue weighted by Gasteiger charge is 2.23. The van der Waals surface area contributed by atoms with Crippen molar-refractivity contribution in [2.45, 2.75) is 58.6 Å². The molecular formula is C17H27N3O2. The fourth-order valence-corrected chi connectivity index (χ4v) is 2.83. The lowest BCUT2D eigenvalue weighted by Gasteiger charge is -2.35. The number of aromatic nitrogens is 1. The number of carbonyl (C=O) groups is 1. The van der Waals surface area contributed by atoms with Crippen molar-refractivity contribution in [1.82, 2.24) is 9.88 Å². The maximum Gasteiger partial charge on any atom is 0.413 e. The van der Waals surface area contributed by atoms with Crippen molar-refractivity contribution in [1.29, 1.82) is 0 Å². The Labute approximate surface area is 133 Å². The standard InChI is InChI=1S/C17H27N3O2/c1-5-20-11-7-6-8-14(20)13-9-10-15(18-12-13)19-16(21)22-17(2,3)4/h9-10,12,14H,5-8,11H2,1-4H3,(H,18,19,21)/t14-/m0/s1. The number of hydrogen-bond acceptors (Lipinski definition) is 4. The van der Waals surface area contributed by atoms with Gasteiger partial charge in [0, 0.05) is 12.2 Å². The second-order valence-corrected chi connectivity index (χ2v) is 6.74. The number of nitrogens with one attached hydrogen (secondary N) is 1.